The average Bonchev–Trinajstić information content (AvgIpc) is 2.70. The summed E-state index contributed by atoms with van der Waals surface area (Å²) in [4.78, 5) is 36.7. The third-order valence-electron chi connectivity index (χ3n) is 4.78. The minimum absolute atomic E-state index is 0.239. The smallest absolute Gasteiger partial charge is 0.410 e. The van der Waals surface area contributed by atoms with Gasteiger partial charge in [0.2, 0.25) is 0 Å². The maximum absolute atomic E-state index is 14.8. The zero-order valence-electron chi connectivity index (χ0n) is 21.8. The molecule has 208 valence electrons. The molecule has 0 spiro atoms. The lowest BCUT2D eigenvalue weighted by Crippen LogP contribution is -2.56. The molecule has 1 atom stereocenters. The number of rotatable bonds is 7. The zero-order valence-corrected chi connectivity index (χ0v) is 21.8. The van der Waals surface area contributed by atoms with E-state index in [1.54, 1.807) is 5.32 Å². The number of hydrogen-bond donors (Lipinski definition) is 2. The Morgan fingerprint density at radius 3 is 2.19 bits per heavy atom. The number of alkyl carbamates (subject to hydrolysis) is 1. The maximum atomic E-state index is 14.8. The molecule has 1 aromatic carbocycles. The van der Waals surface area contributed by atoms with Crippen LogP contribution in [0.25, 0.3) is 0 Å². The Morgan fingerprint density at radius 2 is 1.62 bits per heavy atom. The van der Waals surface area contributed by atoms with Crippen LogP contribution in [0.4, 0.5) is 32.8 Å². The number of hydrogen-bond acceptors (Lipinski definition) is 6. The molecule has 0 aromatic heterocycles. The van der Waals surface area contributed by atoms with Gasteiger partial charge in [0.05, 0.1) is 18.8 Å². The standard InChI is InChI=1S/C24H33F4N3O6/c1-14-18(32)30-16-10-15(8-9-17(16)35-14)11-31(20(34)37-22(5,6)7)13-24(27,28)23(25,26)12-29-19(33)36-21(2,3)4/h8-10,14H,11-13H2,1-7H3,(H,29,33)(H,30,32)/t14-/m1/s1. The van der Waals surface area contributed by atoms with Gasteiger partial charge in [-0.05, 0) is 66.2 Å². The lowest BCUT2D eigenvalue weighted by atomic mass is 10.1. The Morgan fingerprint density at radius 1 is 1.03 bits per heavy atom. The number of halogens is 4. The van der Waals surface area contributed by atoms with Crippen LogP contribution in [0.1, 0.15) is 54.0 Å². The first-order valence-electron chi connectivity index (χ1n) is 11.5. The van der Waals surface area contributed by atoms with Crippen LogP contribution in [0.15, 0.2) is 18.2 Å². The maximum Gasteiger partial charge on any atom is 0.410 e. The molecule has 0 saturated heterocycles. The number of nitrogens with one attached hydrogen (secondary N) is 2. The van der Waals surface area contributed by atoms with Crippen molar-refractivity contribution in [3.8, 4) is 5.75 Å². The van der Waals surface area contributed by atoms with Gasteiger partial charge in [-0.3, -0.25) is 9.69 Å². The summed E-state index contributed by atoms with van der Waals surface area (Å²) in [6.07, 6.45) is -3.29. The van der Waals surface area contributed by atoms with Gasteiger partial charge in [0, 0.05) is 6.54 Å². The number of alkyl halides is 4. The Balaban J connectivity index is 2.24. The Labute approximate surface area is 212 Å². The van der Waals surface area contributed by atoms with Gasteiger partial charge in [-0.25, -0.2) is 9.59 Å². The Hall–Kier alpha value is -3.25. The quantitative estimate of drug-likeness (QED) is 0.480. The fourth-order valence-electron chi connectivity index (χ4n) is 3.07. The monoisotopic (exact) mass is 535 g/mol. The Bertz CT molecular complexity index is 1020. The van der Waals surface area contributed by atoms with Gasteiger partial charge in [0.15, 0.2) is 6.10 Å². The van der Waals surface area contributed by atoms with Crippen LogP contribution < -0.4 is 15.4 Å². The molecular weight excluding hydrogens is 502 g/mol. The molecule has 3 amide bonds. The van der Waals surface area contributed by atoms with Crippen molar-refractivity contribution in [1.82, 2.24) is 10.2 Å². The van der Waals surface area contributed by atoms with Crippen LogP contribution in [-0.4, -0.2) is 65.2 Å². The zero-order chi connectivity index (χ0) is 28.4. The summed E-state index contributed by atoms with van der Waals surface area (Å²) in [7, 11) is 0. The number of nitrogens with zero attached hydrogens (tertiary/aromatic N) is 1. The van der Waals surface area contributed by atoms with E-state index < -0.39 is 66.9 Å². The van der Waals surface area contributed by atoms with E-state index in [1.165, 1.54) is 66.7 Å². The third-order valence-corrected chi connectivity index (χ3v) is 4.78. The van der Waals surface area contributed by atoms with E-state index >= 15 is 0 Å². The topological polar surface area (TPSA) is 106 Å². The van der Waals surface area contributed by atoms with Gasteiger partial charge in [-0.15, -0.1) is 0 Å². The third kappa shape index (κ3) is 8.67. The van der Waals surface area contributed by atoms with Gasteiger partial charge < -0.3 is 24.8 Å². The molecule has 2 N–H and O–H groups in total. The highest BCUT2D eigenvalue weighted by atomic mass is 19.3. The summed E-state index contributed by atoms with van der Waals surface area (Å²) in [5.41, 5.74) is -1.64. The lowest BCUT2D eigenvalue weighted by molar-refractivity contribution is -0.211. The van der Waals surface area contributed by atoms with Gasteiger partial charge in [-0.2, -0.15) is 17.6 Å². The lowest BCUT2D eigenvalue weighted by Gasteiger charge is -2.33. The minimum atomic E-state index is -4.76. The molecule has 0 fully saturated rings. The molecule has 0 aliphatic carbocycles. The normalized spacial score (nSPS) is 16.2. The summed E-state index contributed by atoms with van der Waals surface area (Å²) in [6.45, 7) is 6.48. The van der Waals surface area contributed by atoms with Crippen LogP contribution in [0.3, 0.4) is 0 Å². The Kier molecular flexibility index (Phi) is 8.61. The van der Waals surface area contributed by atoms with Crippen molar-refractivity contribution in [1.29, 1.82) is 0 Å². The molecule has 0 unspecified atom stereocenters. The average molecular weight is 536 g/mol. The van der Waals surface area contributed by atoms with Gasteiger partial charge in [-0.1, -0.05) is 6.07 Å². The fraction of sp³-hybridized carbons (Fsp3) is 0.625. The number of anilines is 1. The van der Waals surface area contributed by atoms with E-state index in [2.05, 4.69) is 5.32 Å². The van der Waals surface area contributed by atoms with Gasteiger partial charge in [0.1, 0.15) is 17.0 Å². The van der Waals surface area contributed by atoms with Crippen LogP contribution >= 0.6 is 0 Å². The second kappa shape index (κ2) is 10.6. The van der Waals surface area contributed by atoms with E-state index in [1.807, 2.05) is 0 Å². The second-order valence-electron chi connectivity index (χ2n) is 10.7. The molecule has 1 aromatic rings. The molecule has 2 rings (SSSR count). The van der Waals surface area contributed by atoms with E-state index in [-0.39, 0.29) is 11.3 Å². The van der Waals surface area contributed by atoms with Gasteiger partial charge >= 0.3 is 24.0 Å². The first-order valence-corrected chi connectivity index (χ1v) is 11.5. The number of benzene rings is 1. The first kappa shape index (κ1) is 30.0. The summed E-state index contributed by atoms with van der Waals surface area (Å²) in [5.74, 6) is -9.61. The van der Waals surface area contributed by atoms with Gasteiger partial charge in [0.25, 0.3) is 5.91 Å². The van der Waals surface area contributed by atoms with Crippen LogP contribution in [0.2, 0.25) is 0 Å². The summed E-state index contributed by atoms with van der Waals surface area (Å²) < 4.78 is 74.1. The number of amides is 3. The minimum Gasteiger partial charge on any atom is -0.479 e. The van der Waals surface area contributed by atoms with Crippen molar-refractivity contribution < 1.29 is 46.2 Å². The molecule has 1 heterocycles. The second-order valence-corrected chi connectivity index (χ2v) is 10.7. The highest BCUT2D eigenvalue weighted by molar-refractivity contribution is 5.97. The molecule has 37 heavy (non-hydrogen) atoms. The predicted molar refractivity (Wildman–Crippen MR) is 126 cm³/mol. The van der Waals surface area contributed by atoms with E-state index in [0.717, 1.165) is 0 Å². The van der Waals surface area contributed by atoms with E-state index in [0.29, 0.717) is 10.6 Å². The van der Waals surface area contributed by atoms with Crippen LogP contribution in [0.5, 0.6) is 5.75 Å². The SMILES string of the molecule is C[C@H]1Oc2ccc(CN(CC(F)(F)C(F)(F)CNC(=O)OC(C)(C)C)C(=O)OC(C)(C)C)cc2NC1=O. The van der Waals surface area contributed by atoms with Crippen LogP contribution in [0, 0.1) is 0 Å². The molecule has 13 heteroatoms. The summed E-state index contributed by atoms with van der Waals surface area (Å²) in [6, 6.07) is 4.29. The summed E-state index contributed by atoms with van der Waals surface area (Å²) >= 11 is 0. The summed E-state index contributed by atoms with van der Waals surface area (Å²) in [5, 5.41) is 4.23. The molecule has 0 radical (unpaired) electrons. The fourth-order valence-corrected chi connectivity index (χ4v) is 3.07. The number of carbonyl (C=O) groups excluding carboxylic acids is 3. The molecule has 9 nitrogen and oxygen atoms in total. The molecule has 0 saturated carbocycles. The number of fused-ring (bicyclic) bond motifs is 1. The molecule has 0 bridgehead atoms. The number of carbonyl (C=O) groups is 3. The predicted octanol–water partition coefficient (Wildman–Crippen LogP) is 4.94. The number of ether oxygens (including phenoxy) is 3. The molecular formula is C24H33F4N3O6. The molecule has 1 aliphatic rings. The molecule has 1 aliphatic heterocycles. The van der Waals surface area contributed by atoms with Crippen molar-refractivity contribution in [2.45, 2.75) is 84.2 Å². The van der Waals surface area contributed by atoms with Crippen molar-refractivity contribution in [3.05, 3.63) is 23.8 Å². The van der Waals surface area contributed by atoms with Crippen molar-refractivity contribution >= 4 is 23.8 Å². The first-order chi connectivity index (χ1) is 16.7. The van der Waals surface area contributed by atoms with Crippen LogP contribution in [-0.2, 0) is 20.8 Å². The van der Waals surface area contributed by atoms with Crippen molar-refractivity contribution in [2.75, 3.05) is 18.4 Å². The van der Waals surface area contributed by atoms with E-state index in [4.69, 9.17) is 14.2 Å². The highest BCUT2D eigenvalue weighted by Gasteiger charge is 2.57. The van der Waals surface area contributed by atoms with Crippen molar-refractivity contribution in [2.24, 2.45) is 0 Å². The van der Waals surface area contributed by atoms with E-state index in [9.17, 15) is 31.9 Å². The largest absolute Gasteiger partial charge is 0.479 e. The highest BCUT2D eigenvalue weighted by Crippen LogP contribution is 2.36. The van der Waals surface area contributed by atoms with Crippen molar-refractivity contribution in [3.63, 3.8) is 0 Å².